The fourth-order valence-corrected chi connectivity index (χ4v) is 3.66. The zero-order valence-corrected chi connectivity index (χ0v) is 16.5. The average Bonchev–Trinajstić information content (AvgIpc) is 3.35. The molecule has 1 aliphatic heterocycles. The van der Waals surface area contributed by atoms with Crippen LogP contribution < -0.4 is 0 Å². The highest BCUT2D eigenvalue weighted by Gasteiger charge is 2.34. The molecule has 0 saturated carbocycles. The number of benzene rings is 2. The average molecular weight is 419 g/mol. The molecule has 0 aliphatic carbocycles. The number of carbonyl (C=O) groups excluding carboxylic acids is 1. The maximum atomic E-state index is 13.0. The van der Waals surface area contributed by atoms with Gasteiger partial charge in [-0.3, -0.25) is 9.69 Å². The van der Waals surface area contributed by atoms with Crippen molar-refractivity contribution in [3.63, 3.8) is 0 Å². The van der Waals surface area contributed by atoms with E-state index >= 15 is 0 Å². The van der Waals surface area contributed by atoms with Crippen LogP contribution in [0.1, 0.15) is 16.9 Å². The third-order valence-corrected chi connectivity index (χ3v) is 5.25. The van der Waals surface area contributed by atoms with Gasteiger partial charge in [-0.2, -0.15) is 5.10 Å². The van der Waals surface area contributed by atoms with Gasteiger partial charge in [0.1, 0.15) is 17.3 Å². The van der Waals surface area contributed by atoms with Crippen LogP contribution in [0.4, 0.5) is 0 Å². The molecule has 0 bridgehead atoms. The van der Waals surface area contributed by atoms with Crippen LogP contribution >= 0.6 is 11.8 Å². The summed E-state index contributed by atoms with van der Waals surface area (Å²) in [6.07, 6.45) is 4.71. The Morgan fingerprint density at radius 1 is 1.03 bits per heavy atom. The van der Waals surface area contributed by atoms with Crippen LogP contribution in [0.5, 0.6) is 11.5 Å². The number of nitrogens with zero attached hydrogens (tertiary/aromatic N) is 3. The van der Waals surface area contributed by atoms with Gasteiger partial charge >= 0.3 is 0 Å². The molecule has 2 aromatic carbocycles. The summed E-state index contributed by atoms with van der Waals surface area (Å²) in [5.41, 5.74) is 1.30. The minimum absolute atomic E-state index is 0.0896. The van der Waals surface area contributed by atoms with E-state index in [0.717, 1.165) is 5.56 Å². The molecule has 150 valence electrons. The summed E-state index contributed by atoms with van der Waals surface area (Å²) in [7, 11) is 0. The normalized spacial score (nSPS) is 16.9. The van der Waals surface area contributed by atoms with Crippen molar-refractivity contribution in [3.8, 4) is 11.5 Å². The number of para-hydroxylation sites is 1. The first kappa shape index (κ1) is 19.5. The lowest BCUT2D eigenvalue weighted by Crippen LogP contribution is -2.28. The van der Waals surface area contributed by atoms with Crippen molar-refractivity contribution < 1.29 is 19.4 Å². The second kappa shape index (κ2) is 8.71. The Morgan fingerprint density at radius 2 is 1.83 bits per heavy atom. The minimum Gasteiger partial charge on any atom is -0.508 e. The first-order chi connectivity index (χ1) is 14.6. The molecule has 0 unspecified atom stereocenters. The molecule has 1 aromatic heterocycles. The molecule has 1 aliphatic rings. The summed E-state index contributed by atoms with van der Waals surface area (Å²) in [4.78, 5) is 14.9. The summed E-state index contributed by atoms with van der Waals surface area (Å²) >= 11 is 1.17. The van der Waals surface area contributed by atoms with E-state index in [1.807, 2.05) is 0 Å². The maximum absolute atomic E-state index is 13.0. The van der Waals surface area contributed by atoms with Crippen LogP contribution in [0.2, 0.25) is 0 Å². The van der Waals surface area contributed by atoms with Crippen molar-refractivity contribution in [2.24, 2.45) is 10.2 Å². The molecule has 2 heterocycles. The van der Waals surface area contributed by atoms with E-state index < -0.39 is 0 Å². The molecule has 0 atom stereocenters. The van der Waals surface area contributed by atoms with E-state index in [2.05, 4.69) is 10.2 Å². The molecule has 1 saturated heterocycles. The monoisotopic (exact) mass is 419 g/mol. The predicted molar refractivity (Wildman–Crippen MR) is 116 cm³/mol. The second-order valence-electron chi connectivity index (χ2n) is 6.36. The summed E-state index contributed by atoms with van der Waals surface area (Å²) < 4.78 is 5.37. The molecular formula is C22H17N3O4S. The second-order valence-corrected chi connectivity index (χ2v) is 7.37. The number of aromatic hydroxyl groups is 2. The largest absolute Gasteiger partial charge is 0.508 e. The van der Waals surface area contributed by atoms with E-state index in [1.54, 1.807) is 73.0 Å². The summed E-state index contributed by atoms with van der Waals surface area (Å²) in [6.45, 7) is 0.213. The fraction of sp³-hybridized carbons (Fsp3) is 0.0455. The van der Waals surface area contributed by atoms with Gasteiger partial charge in [-0.05, 0) is 65.9 Å². The van der Waals surface area contributed by atoms with Crippen LogP contribution in [-0.4, -0.2) is 32.4 Å². The minimum atomic E-state index is -0.252. The zero-order chi connectivity index (χ0) is 20.9. The Morgan fingerprint density at radius 3 is 2.57 bits per heavy atom. The van der Waals surface area contributed by atoms with Crippen molar-refractivity contribution in [2.75, 3.05) is 0 Å². The molecule has 1 amide bonds. The van der Waals surface area contributed by atoms with Gasteiger partial charge in [0.15, 0.2) is 5.17 Å². The van der Waals surface area contributed by atoms with E-state index in [-0.39, 0.29) is 24.0 Å². The van der Waals surface area contributed by atoms with Gasteiger partial charge in [-0.25, -0.2) is 0 Å². The topological polar surface area (TPSA) is 98.6 Å². The zero-order valence-electron chi connectivity index (χ0n) is 15.7. The molecule has 0 radical (unpaired) electrons. The highest BCUT2D eigenvalue weighted by atomic mass is 32.2. The number of hydrogen-bond acceptors (Lipinski definition) is 7. The predicted octanol–water partition coefficient (Wildman–Crippen LogP) is 4.20. The molecule has 3 aromatic rings. The standard InChI is InChI=1S/C22H17N3O4S/c26-17-9-7-15(8-10-17)13-23-24-22-25(14-18-5-3-11-29-18)21(28)20(30-22)12-16-4-1-2-6-19(16)27/h1-13,26-27H,14H2/b20-12-,23-13-,24-22+. The SMILES string of the molecule is O=C1/C(=C/c2ccccc2O)S/C(=N/N=C\c2ccc(O)cc2)N1Cc1ccco1. The van der Waals surface area contributed by atoms with Crippen molar-refractivity contribution in [2.45, 2.75) is 6.54 Å². The smallest absolute Gasteiger partial charge is 0.267 e. The lowest BCUT2D eigenvalue weighted by Gasteiger charge is -2.12. The first-order valence-electron chi connectivity index (χ1n) is 9.02. The van der Waals surface area contributed by atoms with Crippen LogP contribution in [0.15, 0.2) is 86.5 Å². The number of hydrogen-bond donors (Lipinski definition) is 2. The van der Waals surface area contributed by atoms with Gasteiger partial charge in [-0.15, -0.1) is 5.10 Å². The van der Waals surface area contributed by atoms with Crippen molar-refractivity contribution in [1.29, 1.82) is 0 Å². The Hall–Kier alpha value is -3.78. The van der Waals surface area contributed by atoms with Crippen LogP contribution in [0, 0.1) is 0 Å². The highest BCUT2D eigenvalue weighted by molar-refractivity contribution is 8.18. The first-order valence-corrected chi connectivity index (χ1v) is 9.83. The van der Waals surface area contributed by atoms with E-state index in [1.165, 1.54) is 22.9 Å². The number of thioether (sulfide) groups is 1. The van der Waals surface area contributed by atoms with Gasteiger partial charge in [0.05, 0.1) is 23.9 Å². The van der Waals surface area contributed by atoms with Crippen LogP contribution in [0.3, 0.4) is 0 Å². The number of rotatable bonds is 5. The summed E-state index contributed by atoms with van der Waals surface area (Å²) in [6, 6.07) is 16.8. The molecule has 4 rings (SSSR count). The van der Waals surface area contributed by atoms with Crippen molar-refractivity contribution in [1.82, 2.24) is 4.90 Å². The van der Waals surface area contributed by atoms with Crippen LogP contribution in [0.25, 0.3) is 6.08 Å². The third kappa shape index (κ3) is 4.44. The van der Waals surface area contributed by atoms with E-state index in [9.17, 15) is 15.0 Å². The van der Waals surface area contributed by atoms with Gasteiger partial charge in [0.25, 0.3) is 5.91 Å². The summed E-state index contributed by atoms with van der Waals surface area (Å²) in [5, 5.41) is 28.1. The number of furan rings is 1. The van der Waals surface area contributed by atoms with Gasteiger partial charge in [0, 0.05) is 5.56 Å². The van der Waals surface area contributed by atoms with Gasteiger partial charge < -0.3 is 14.6 Å². The Labute approximate surface area is 176 Å². The molecule has 8 heteroatoms. The summed E-state index contributed by atoms with van der Waals surface area (Å²) in [5.74, 6) is 0.618. The van der Waals surface area contributed by atoms with E-state index in [0.29, 0.717) is 21.4 Å². The molecule has 2 N–H and O–H groups in total. The van der Waals surface area contributed by atoms with Crippen molar-refractivity contribution in [3.05, 3.63) is 88.7 Å². The number of phenolic OH excluding ortho intramolecular Hbond substituents is 2. The van der Waals surface area contributed by atoms with Crippen LogP contribution in [-0.2, 0) is 11.3 Å². The number of phenols is 2. The molecule has 30 heavy (non-hydrogen) atoms. The number of carbonyl (C=O) groups is 1. The Bertz CT molecular complexity index is 1140. The van der Waals surface area contributed by atoms with Gasteiger partial charge in [0.2, 0.25) is 0 Å². The third-order valence-electron chi connectivity index (χ3n) is 4.25. The Kier molecular flexibility index (Phi) is 5.67. The lowest BCUT2D eigenvalue weighted by atomic mass is 10.2. The van der Waals surface area contributed by atoms with E-state index in [4.69, 9.17) is 4.42 Å². The molecule has 1 fully saturated rings. The fourth-order valence-electron chi connectivity index (χ4n) is 2.74. The number of amides is 1. The quantitative estimate of drug-likeness (QED) is 0.367. The molecule has 0 spiro atoms. The molecule has 7 nitrogen and oxygen atoms in total. The van der Waals surface area contributed by atoms with Crippen molar-refractivity contribution >= 4 is 35.1 Å². The highest BCUT2D eigenvalue weighted by Crippen LogP contribution is 2.35. The molecular weight excluding hydrogens is 402 g/mol. The van der Waals surface area contributed by atoms with Gasteiger partial charge in [-0.1, -0.05) is 18.2 Å². The number of amidine groups is 1. The lowest BCUT2D eigenvalue weighted by molar-refractivity contribution is -0.122. The Balaban J connectivity index is 1.63. The maximum Gasteiger partial charge on any atom is 0.267 e.